The monoisotopic (exact) mass is 144 g/mol. The molecule has 0 saturated heterocycles. The molecule has 1 heterocycles. The van der Waals surface area contributed by atoms with Crippen LogP contribution in [0.25, 0.3) is 0 Å². The summed E-state index contributed by atoms with van der Waals surface area (Å²) in [7, 11) is -0.927. The van der Waals surface area contributed by atoms with Crippen molar-refractivity contribution in [2.24, 2.45) is 0 Å². The van der Waals surface area contributed by atoms with Gasteiger partial charge in [-0.15, -0.1) is 0 Å². The van der Waals surface area contributed by atoms with Gasteiger partial charge in [0.15, 0.2) is 0 Å². The maximum absolute atomic E-state index is 10.8. The van der Waals surface area contributed by atoms with Crippen molar-refractivity contribution in [3.63, 3.8) is 0 Å². The Hall–Kier alpha value is -0.640. The third kappa shape index (κ3) is 1.18. The Labute approximate surface area is 55.9 Å². The lowest BCUT2D eigenvalue weighted by Gasteiger charge is -1.88. The molecule has 0 bridgehead atoms. The van der Waals surface area contributed by atoms with Crippen molar-refractivity contribution in [3.8, 4) is 0 Å². The van der Waals surface area contributed by atoms with Gasteiger partial charge in [0.1, 0.15) is 5.03 Å². The summed E-state index contributed by atoms with van der Waals surface area (Å²) in [6.45, 7) is 1.88. The molecule has 0 amide bonds. The van der Waals surface area contributed by atoms with E-state index in [2.05, 4.69) is 10.2 Å². The molecule has 0 aromatic carbocycles. The smallest absolute Gasteiger partial charge is 0.124 e. The Balaban J connectivity index is 3.08. The highest BCUT2D eigenvalue weighted by Gasteiger charge is 2.01. The average molecular weight is 144 g/mol. The number of aryl methyl sites for hydroxylation is 1. The summed E-state index contributed by atoms with van der Waals surface area (Å²) >= 11 is 0. The minimum absolute atomic E-state index is 0.718. The first kappa shape index (κ1) is 6.48. The molecular formula is C5H8N2OS. The van der Waals surface area contributed by atoms with Crippen LogP contribution < -0.4 is 0 Å². The maximum Gasteiger partial charge on any atom is 0.124 e. The lowest BCUT2D eigenvalue weighted by Crippen LogP contribution is -1.89. The van der Waals surface area contributed by atoms with Gasteiger partial charge in [0, 0.05) is 11.8 Å². The van der Waals surface area contributed by atoms with E-state index >= 15 is 0 Å². The highest BCUT2D eigenvalue weighted by atomic mass is 32.2. The number of H-pyrrole nitrogens is 1. The van der Waals surface area contributed by atoms with E-state index in [9.17, 15) is 4.21 Å². The highest BCUT2D eigenvalue weighted by Crippen LogP contribution is 2.04. The van der Waals surface area contributed by atoms with Gasteiger partial charge in [0.25, 0.3) is 0 Å². The molecule has 1 aromatic heterocycles. The molecule has 1 rings (SSSR count). The molecule has 1 atom stereocenters. The van der Waals surface area contributed by atoms with E-state index in [-0.39, 0.29) is 0 Å². The lowest BCUT2D eigenvalue weighted by atomic mass is 10.4. The first-order valence-corrected chi connectivity index (χ1v) is 4.11. The summed E-state index contributed by atoms with van der Waals surface area (Å²) in [6.07, 6.45) is 3.29. The van der Waals surface area contributed by atoms with Crippen LogP contribution in [0.4, 0.5) is 0 Å². The Bertz CT molecular complexity index is 231. The van der Waals surface area contributed by atoms with Gasteiger partial charge in [-0.05, 0) is 6.92 Å². The van der Waals surface area contributed by atoms with Crippen LogP contribution in [0.3, 0.4) is 0 Å². The number of nitrogens with zero attached hydrogens (tertiary/aromatic N) is 1. The molecule has 0 fully saturated rings. The minimum atomic E-state index is -0.927. The maximum atomic E-state index is 10.8. The van der Waals surface area contributed by atoms with Gasteiger partial charge in [0.2, 0.25) is 0 Å². The zero-order chi connectivity index (χ0) is 6.85. The van der Waals surface area contributed by atoms with Crippen molar-refractivity contribution in [1.82, 2.24) is 10.2 Å². The van der Waals surface area contributed by atoms with Gasteiger partial charge in [-0.25, -0.2) is 0 Å². The van der Waals surface area contributed by atoms with Crippen LogP contribution in [-0.4, -0.2) is 20.7 Å². The molecule has 0 saturated carbocycles. The largest absolute Gasteiger partial charge is 0.269 e. The number of hydrogen-bond donors (Lipinski definition) is 1. The number of nitrogens with one attached hydrogen (secondary N) is 1. The van der Waals surface area contributed by atoms with Crippen LogP contribution in [0.2, 0.25) is 0 Å². The number of rotatable bonds is 1. The Morgan fingerprint density at radius 1 is 1.78 bits per heavy atom. The molecule has 0 aliphatic heterocycles. The Morgan fingerprint density at radius 3 is 2.67 bits per heavy atom. The van der Waals surface area contributed by atoms with E-state index in [0.29, 0.717) is 0 Å². The predicted octanol–water partition coefficient (Wildman–Crippen LogP) is 0.456. The second-order valence-electron chi connectivity index (χ2n) is 1.84. The number of aromatic amines is 1. The number of hydrogen-bond acceptors (Lipinski definition) is 2. The van der Waals surface area contributed by atoms with Gasteiger partial charge >= 0.3 is 0 Å². The van der Waals surface area contributed by atoms with E-state index in [1.165, 1.54) is 0 Å². The van der Waals surface area contributed by atoms with Crippen LogP contribution >= 0.6 is 0 Å². The van der Waals surface area contributed by atoms with Gasteiger partial charge < -0.3 is 0 Å². The molecule has 50 valence electrons. The van der Waals surface area contributed by atoms with E-state index in [1.54, 1.807) is 12.5 Å². The molecule has 4 heteroatoms. The molecule has 9 heavy (non-hydrogen) atoms. The highest BCUT2D eigenvalue weighted by molar-refractivity contribution is 7.84. The summed E-state index contributed by atoms with van der Waals surface area (Å²) in [5.41, 5.74) is 0.954. The van der Waals surface area contributed by atoms with Crippen molar-refractivity contribution in [2.45, 2.75) is 11.9 Å². The first-order chi connectivity index (χ1) is 4.22. The topological polar surface area (TPSA) is 45.8 Å². The summed E-state index contributed by atoms with van der Waals surface area (Å²) in [6, 6.07) is 0. The molecule has 0 aliphatic carbocycles. The third-order valence-corrected chi connectivity index (χ3v) is 2.06. The summed E-state index contributed by atoms with van der Waals surface area (Å²) in [5.74, 6) is 0. The minimum Gasteiger partial charge on any atom is -0.269 e. The average Bonchev–Trinajstić information content (AvgIpc) is 2.13. The second kappa shape index (κ2) is 2.31. The fourth-order valence-electron chi connectivity index (χ4n) is 0.626. The van der Waals surface area contributed by atoms with Crippen LogP contribution in [0, 0.1) is 6.92 Å². The van der Waals surface area contributed by atoms with Crippen LogP contribution in [0.1, 0.15) is 5.56 Å². The molecule has 0 aliphatic rings. The fraction of sp³-hybridized carbons (Fsp3) is 0.400. The van der Waals surface area contributed by atoms with E-state index < -0.39 is 10.8 Å². The first-order valence-electron chi connectivity index (χ1n) is 2.55. The second-order valence-corrected chi connectivity index (χ2v) is 3.15. The fourth-order valence-corrected chi connectivity index (χ4v) is 1.31. The van der Waals surface area contributed by atoms with Crippen molar-refractivity contribution in [3.05, 3.63) is 11.8 Å². The summed E-state index contributed by atoms with van der Waals surface area (Å²) in [5, 5.41) is 7.10. The third-order valence-electron chi connectivity index (χ3n) is 1.07. The normalized spacial score (nSPS) is 13.6. The van der Waals surface area contributed by atoms with Crippen molar-refractivity contribution in [2.75, 3.05) is 6.26 Å². The Kier molecular flexibility index (Phi) is 1.66. The number of aromatic nitrogens is 2. The Morgan fingerprint density at radius 2 is 2.44 bits per heavy atom. The predicted molar refractivity (Wildman–Crippen MR) is 35.7 cm³/mol. The van der Waals surface area contributed by atoms with Crippen LogP contribution in [0.15, 0.2) is 11.2 Å². The van der Waals surface area contributed by atoms with Gasteiger partial charge in [0.05, 0.1) is 17.0 Å². The molecular weight excluding hydrogens is 136 g/mol. The van der Waals surface area contributed by atoms with Gasteiger partial charge in [-0.3, -0.25) is 9.31 Å². The van der Waals surface area contributed by atoms with Crippen molar-refractivity contribution < 1.29 is 4.21 Å². The van der Waals surface area contributed by atoms with Gasteiger partial charge in [-0.1, -0.05) is 0 Å². The standard InChI is InChI=1S/C5H8N2OS/c1-4-3-6-7-5(4)9(2)8/h3H,1-2H3,(H,6,7). The summed E-state index contributed by atoms with van der Waals surface area (Å²) < 4.78 is 10.8. The van der Waals surface area contributed by atoms with E-state index in [4.69, 9.17) is 0 Å². The van der Waals surface area contributed by atoms with E-state index in [1.807, 2.05) is 6.92 Å². The molecule has 3 nitrogen and oxygen atoms in total. The quantitative estimate of drug-likeness (QED) is 0.622. The van der Waals surface area contributed by atoms with Crippen LogP contribution in [0.5, 0.6) is 0 Å². The van der Waals surface area contributed by atoms with Crippen LogP contribution in [-0.2, 0) is 10.8 Å². The van der Waals surface area contributed by atoms with E-state index in [0.717, 1.165) is 10.6 Å². The molecule has 0 spiro atoms. The molecule has 0 radical (unpaired) electrons. The summed E-state index contributed by atoms with van der Waals surface area (Å²) in [4.78, 5) is 0. The zero-order valence-electron chi connectivity index (χ0n) is 5.34. The molecule has 1 unspecified atom stereocenters. The lowest BCUT2D eigenvalue weighted by molar-refractivity contribution is 0.683. The molecule has 1 N–H and O–H groups in total. The SMILES string of the molecule is Cc1cn[nH]c1S(C)=O. The van der Waals surface area contributed by atoms with Gasteiger partial charge in [-0.2, -0.15) is 5.10 Å². The zero-order valence-corrected chi connectivity index (χ0v) is 6.16. The van der Waals surface area contributed by atoms with Crippen molar-refractivity contribution >= 4 is 10.8 Å². The van der Waals surface area contributed by atoms with Crippen molar-refractivity contribution in [1.29, 1.82) is 0 Å². The molecule has 1 aromatic rings.